The molecule has 2 saturated heterocycles. The second kappa shape index (κ2) is 12.9. The predicted octanol–water partition coefficient (Wildman–Crippen LogP) is 5.68. The third-order valence-corrected chi connectivity index (χ3v) is 7.83. The van der Waals surface area contributed by atoms with Gasteiger partial charge in [0.15, 0.2) is 0 Å². The van der Waals surface area contributed by atoms with Crippen molar-refractivity contribution in [3.8, 4) is 0 Å². The zero-order chi connectivity index (χ0) is 28.0. The molecule has 3 aliphatic rings. The van der Waals surface area contributed by atoms with Crippen molar-refractivity contribution in [1.82, 2.24) is 9.88 Å². The van der Waals surface area contributed by atoms with Crippen LogP contribution >= 0.6 is 0 Å². The van der Waals surface area contributed by atoms with Crippen molar-refractivity contribution >= 4 is 5.69 Å². The number of alkyl halides is 2. The van der Waals surface area contributed by atoms with Crippen LogP contribution in [0.4, 0.5) is 14.5 Å². The minimum absolute atomic E-state index is 0.108. The SMILES string of the molecule is CC(C)(C)O[C@H]1[C@@H](CN2CCN(c3ccccc3)CC2)OCC[C@H]1C1CC1.CCC(F)(F)c1cccc(=O)[nH]1. The van der Waals surface area contributed by atoms with Gasteiger partial charge in [-0.3, -0.25) is 9.69 Å². The summed E-state index contributed by atoms with van der Waals surface area (Å²) in [5.74, 6) is -1.37. The van der Waals surface area contributed by atoms with Gasteiger partial charge in [-0.1, -0.05) is 31.2 Å². The van der Waals surface area contributed by atoms with Crippen molar-refractivity contribution in [2.45, 2.75) is 77.1 Å². The van der Waals surface area contributed by atoms with E-state index < -0.39 is 11.5 Å². The highest BCUT2D eigenvalue weighted by atomic mass is 19.3. The van der Waals surface area contributed by atoms with E-state index in [9.17, 15) is 13.6 Å². The standard InChI is InChI=1S/C23H36N2O2.C8H9F2NO/c1-23(2,3)27-22-20(18-9-10-18)11-16-26-21(22)17-24-12-14-25(15-13-24)19-7-5-4-6-8-19;1-2-8(9,10)6-4-3-5-7(12)11-6/h4-8,18,20-22H,9-17H2,1-3H3;3-5H,2H2,1H3,(H,11,12)/t20-,21+,22+;/m0./s1. The third-order valence-electron chi connectivity index (χ3n) is 7.83. The van der Waals surface area contributed by atoms with Gasteiger partial charge < -0.3 is 19.4 Å². The van der Waals surface area contributed by atoms with Crippen LogP contribution in [0, 0.1) is 11.8 Å². The molecule has 8 heteroatoms. The van der Waals surface area contributed by atoms with E-state index in [2.05, 4.69) is 65.9 Å². The molecule has 1 aromatic heterocycles. The molecule has 6 nitrogen and oxygen atoms in total. The van der Waals surface area contributed by atoms with Gasteiger partial charge in [-0.05, 0) is 70.1 Å². The lowest BCUT2D eigenvalue weighted by molar-refractivity contribution is -0.185. The van der Waals surface area contributed by atoms with Crippen LogP contribution in [-0.4, -0.2) is 67.0 Å². The van der Waals surface area contributed by atoms with Crippen LogP contribution in [0.5, 0.6) is 0 Å². The Morgan fingerprint density at radius 3 is 2.26 bits per heavy atom. The minimum Gasteiger partial charge on any atom is -0.374 e. The summed E-state index contributed by atoms with van der Waals surface area (Å²) in [5, 5.41) is 0. The Morgan fingerprint density at radius 1 is 0.974 bits per heavy atom. The number of pyridine rings is 1. The number of para-hydroxylation sites is 1. The molecular formula is C31H45F2N3O3. The van der Waals surface area contributed by atoms with Gasteiger partial charge >= 0.3 is 0 Å². The molecule has 0 amide bonds. The average Bonchev–Trinajstić information content (AvgIpc) is 3.76. The molecule has 3 atom stereocenters. The summed E-state index contributed by atoms with van der Waals surface area (Å²) < 4.78 is 38.6. The Labute approximate surface area is 231 Å². The van der Waals surface area contributed by atoms with Crippen molar-refractivity contribution in [1.29, 1.82) is 0 Å². The number of rotatable bonds is 7. The van der Waals surface area contributed by atoms with Gasteiger partial charge in [-0.2, -0.15) is 8.78 Å². The molecule has 0 radical (unpaired) electrons. The highest BCUT2D eigenvalue weighted by Crippen LogP contribution is 2.45. The van der Waals surface area contributed by atoms with Crippen LogP contribution in [0.15, 0.2) is 53.3 Å². The van der Waals surface area contributed by atoms with Gasteiger partial charge in [0, 0.05) is 57.5 Å². The lowest BCUT2D eigenvalue weighted by Crippen LogP contribution is -2.55. The van der Waals surface area contributed by atoms with Crippen molar-refractivity contribution in [3.05, 3.63) is 64.6 Å². The summed E-state index contributed by atoms with van der Waals surface area (Å²) >= 11 is 0. The van der Waals surface area contributed by atoms with Crippen molar-refractivity contribution in [3.63, 3.8) is 0 Å². The summed E-state index contributed by atoms with van der Waals surface area (Å²) in [6.07, 6.45) is 4.09. The fourth-order valence-electron chi connectivity index (χ4n) is 5.58. The van der Waals surface area contributed by atoms with Gasteiger partial charge in [0.2, 0.25) is 5.56 Å². The van der Waals surface area contributed by atoms with E-state index in [0.29, 0.717) is 5.92 Å². The van der Waals surface area contributed by atoms with Crippen LogP contribution in [0.3, 0.4) is 0 Å². The number of aromatic nitrogens is 1. The number of benzene rings is 1. The summed E-state index contributed by atoms with van der Waals surface area (Å²) in [4.78, 5) is 17.8. The van der Waals surface area contributed by atoms with Crippen molar-refractivity contribution in [2.75, 3.05) is 44.2 Å². The number of halogens is 2. The first-order valence-corrected chi connectivity index (χ1v) is 14.4. The zero-order valence-corrected chi connectivity index (χ0v) is 23.9. The Bertz CT molecular complexity index is 1080. The summed E-state index contributed by atoms with van der Waals surface area (Å²) in [5.41, 5.74) is 0.412. The first-order valence-electron chi connectivity index (χ1n) is 14.4. The third kappa shape index (κ3) is 8.60. The Morgan fingerprint density at radius 2 is 1.67 bits per heavy atom. The number of hydrogen-bond donors (Lipinski definition) is 1. The average molecular weight is 546 g/mol. The molecule has 39 heavy (non-hydrogen) atoms. The van der Waals surface area contributed by atoms with E-state index in [1.165, 1.54) is 50.1 Å². The molecule has 3 heterocycles. The molecule has 1 N–H and O–H groups in total. The molecular weight excluding hydrogens is 500 g/mol. The molecule has 2 aliphatic heterocycles. The van der Waals surface area contributed by atoms with E-state index in [4.69, 9.17) is 9.47 Å². The Kier molecular flexibility index (Phi) is 9.83. The van der Waals surface area contributed by atoms with Gasteiger partial charge in [0.05, 0.1) is 23.5 Å². The molecule has 5 rings (SSSR count). The molecule has 0 unspecified atom stereocenters. The predicted molar refractivity (Wildman–Crippen MR) is 152 cm³/mol. The topological polar surface area (TPSA) is 57.8 Å². The lowest BCUT2D eigenvalue weighted by atomic mass is 9.87. The van der Waals surface area contributed by atoms with Crippen LogP contribution < -0.4 is 10.5 Å². The van der Waals surface area contributed by atoms with Gasteiger partial charge in [0.1, 0.15) is 0 Å². The largest absolute Gasteiger partial charge is 0.374 e. The quantitative estimate of drug-likeness (QED) is 0.485. The minimum atomic E-state index is -2.93. The van der Waals surface area contributed by atoms with Crippen LogP contribution in [0.2, 0.25) is 0 Å². The van der Waals surface area contributed by atoms with Crippen LogP contribution in [0.1, 0.15) is 59.1 Å². The van der Waals surface area contributed by atoms with E-state index in [1.807, 2.05) is 0 Å². The molecule has 2 aromatic rings. The summed E-state index contributed by atoms with van der Waals surface area (Å²) in [6.45, 7) is 14.2. The molecule has 0 spiro atoms. The molecule has 3 fully saturated rings. The number of nitrogens with one attached hydrogen (secondary N) is 1. The number of hydrogen-bond acceptors (Lipinski definition) is 5. The maximum absolute atomic E-state index is 12.9. The van der Waals surface area contributed by atoms with Gasteiger partial charge in [-0.25, -0.2) is 0 Å². The number of H-pyrrole nitrogens is 1. The number of aromatic amines is 1. The second-order valence-corrected chi connectivity index (χ2v) is 12.0. The fraction of sp³-hybridized carbons (Fsp3) is 0.645. The van der Waals surface area contributed by atoms with Crippen LogP contribution in [0.25, 0.3) is 0 Å². The number of nitrogens with zero attached hydrogens (tertiary/aromatic N) is 2. The zero-order valence-electron chi connectivity index (χ0n) is 23.9. The van der Waals surface area contributed by atoms with E-state index in [1.54, 1.807) is 0 Å². The molecule has 1 saturated carbocycles. The summed E-state index contributed by atoms with van der Waals surface area (Å²) in [7, 11) is 0. The van der Waals surface area contributed by atoms with Crippen LogP contribution in [-0.2, 0) is 15.4 Å². The maximum atomic E-state index is 12.9. The smallest absolute Gasteiger partial charge is 0.287 e. The monoisotopic (exact) mass is 545 g/mol. The number of anilines is 1. The Hall–Kier alpha value is -2.29. The first-order chi connectivity index (χ1) is 18.6. The van der Waals surface area contributed by atoms with E-state index in [0.717, 1.165) is 45.2 Å². The molecule has 1 aromatic carbocycles. The molecule has 216 valence electrons. The maximum Gasteiger partial charge on any atom is 0.287 e. The van der Waals surface area contributed by atoms with Gasteiger partial charge in [0.25, 0.3) is 5.92 Å². The van der Waals surface area contributed by atoms with Crippen molar-refractivity contribution in [2.24, 2.45) is 11.8 Å². The van der Waals surface area contributed by atoms with Gasteiger partial charge in [-0.15, -0.1) is 0 Å². The number of piperazine rings is 1. The van der Waals surface area contributed by atoms with E-state index >= 15 is 0 Å². The number of ether oxygens (including phenoxy) is 2. The second-order valence-electron chi connectivity index (χ2n) is 12.0. The highest BCUT2D eigenvalue weighted by molar-refractivity contribution is 5.46. The molecule has 1 aliphatic carbocycles. The normalized spacial score (nSPS) is 24.7. The van der Waals surface area contributed by atoms with E-state index in [-0.39, 0.29) is 29.9 Å². The lowest BCUT2D eigenvalue weighted by Gasteiger charge is -2.44. The summed E-state index contributed by atoms with van der Waals surface area (Å²) in [6, 6.07) is 14.5. The first kappa shape index (κ1) is 29.7. The highest BCUT2D eigenvalue weighted by Gasteiger charge is 2.45. The Balaban J connectivity index is 0.000000247. The molecule has 0 bridgehead atoms. The fourth-order valence-corrected chi connectivity index (χ4v) is 5.58. The van der Waals surface area contributed by atoms with Crippen molar-refractivity contribution < 1.29 is 18.3 Å².